The highest BCUT2D eigenvalue weighted by Gasteiger charge is 2.40. The van der Waals surface area contributed by atoms with Gasteiger partial charge in [-0.1, -0.05) is 19.8 Å². The van der Waals surface area contributed by atoms with Crippen LogP contribution in [0.15, 0.2) is 12.1 Å². The molecule has 2 N–H and O–H groups in total. The number of hydrogen-bond acceptors (Lipinski definition) is 2. The van der Waals surface area contributed by atoms with E-state index >= 15 is 0 Å². The summed E-state index contributed by atoms with van der Waals surface area (Å²) in [4.78, 5) is 0. The van der Waals surface area contributed by atoms with Crippen LogP contribution in [0.25, 0.3) is 0 Å². The second-order valence-corrected chi connectivity index (χ2v) is 5.41. The molecule has 1 aliphatic carbocycles. The lowest BCUT2D eigenvalue weighted by Crippen LogP contribution is -2.33. The molecule has 0 bridgehead atoms. The van der Waals surface area contributed by atoms with Crippen LogP contribution in [0.3, 0.4) is 0 Å². The summed E-state index contributed by atoms with van der Waals surface area (Å²) >= 11 is 0. The molecule has 1 unspecified atom stereocenters. The predicted molar refractivity (Wildman–Crippen MR) is 71.0 cm³/mol. The quantitative estimate of drug-likeness (QED) is 0.898. The standard InChI is InChI=1S/C15H21F2NO/c1-3-15(6-4-5-7-15)14(18)13-11(16)8-10(19-2)9-12(13)17/h8-9,14H,3-7,18H2,1-2H3. The van der Waals surface area contributed by atoms with Crippen molar-refractivity contribution in [3.8, 4) is 5.75 Å². The Morgan fingerprint density at radius 2 is 1.79 bits per heavy atom. The predicted octanol–water partition coefficient (Wildman–Crippen LogP) is 3.94. The van der Waals surface area contributed by atoms with Gasteiger partial charge < -0.3 is 10.5 Å². The zero-order valence-corrected chi connectivity index (χ0v) is 11.5. The van der Waals surface area contributed by atoms with E-state index in [0.717, 1.165) is 32.1 Å². The molecule has 0 heterocycles. The van der Waals surface area contributed by atoms with Gasteiger partial charge in [0.05, 0.1) is 7.11 Å². The molecule has 1 aromatic rings. The lowest BCUT2D eigenvalue weighted by molar-refractivity contribution is 0.213. The van der Waals surface area contributed by atoms with Crippen molar-refractivity contribution < 1.29 is 13.5 Å². The monoisotopic (exact) mass is 269 g/mol. The molecule has 2 nitrogen and oxygen atoms in total. The van der Waals surface area contributed by atoms with Gasteiger partial charge in [-0.2, -0.15) is 0 Å². The second kappa shape index (κ2) is 5.45. The molecule has 19 heavy (non-hydrogen) atoms. The van der Waals surface area contributed by atoms with Crippen molar-refractivity contribution in [3.05, 3.63) is 29.3 Å². The lowest BCUT2D eigenvalue weighted by Gasteiger charge is -2.35. The Kier molecular flexibility index (Phi) is 4.09. The van der Waals surface area contributed by atoms with Gasteiger partial charge in [-0.05, 0) is 24.7 Å². The number of nitrogens with two attached hydrogens (primary N) is 1. The summed E-state index contributed by atoms with van der Waals surface area (Å²) < 4.78 is 33.1. The van der Waals surface area contributed by atoms with E-state index in [9.17, 15) is 8.78 Å². The van der Waals surface area contributed by atoms with Gasteiger partial charge in [-0.3, -0.25) is 0 Å². The first kappa shape index (κ1) is 14.3. The molecule has 1 aliphatic rings. The number of ether oxygens (including phenoxy) is 1. The van der Waals surface area contributed by atoms with Gasteiger partial charge in [-0.15, -0.1) is 0 Å². The van der Waals surface area contributed by atoms with E-state index in [-0.39, 0.29) is 16.7 Å². The largest absolute Gasteiger partial charge is 0.497 e. The normalized spacial score (nSPS) is 19.4. The molecular formula is C15H21F2NO. The third-order valence-electron chi connectivity index (χ3n) is 4.56. The number of methoxy groups -OCH3 is 1. The third-order valence-corrected chi connectivity index (χ3v) is 4.56. The van der Waals surface area contributed by atoms with Crippen LogP contribution < -0.4 is 10.5 Å². The summed E-state index contributed by atoms with van der Waals surface area (Å²) in [6.45, 7) is 2.05. The van der Waals surface area contributed by atoms with Crippen LogP contribution in [-0.2, 0) is 0 Å². The summed E-state index contributed by atoms with van der Waals surface area (Å²) in [5, 5.41) is 0. The Labute approximate surface area is 112 Å². The van der Waals surface area contributed by atoms with Gasteiger partial charge in [0.2, 0.25) is 0 Å². The van der Waals surface area contributed by atoms with E-state index < -0.39 is 17.7 Å². The topological polar surface area (TPSA) is 35.2 Å². The van der Waals surface area contributed by atoms with Gasteiger partial charge >= 0.3 is 0 Å². The fraction of sp³-hybridized carbons (Fsp3) is 0.600. The van der Waals surface area contributed by atoms with Gasteiger partial charge in [-0.25, -0.2) is 8.78 Å². The Morgan fingerprint density at radius 1 is 1.26 bits per heavy atom. The first-order valence-corrected chi connectivity index (χ1v) is 6.82. The van der Waals surface area contributed by atoms with Crippen molar-refractivity contribution in [2.75, 3.05) is 7.11 Å². The third kappa shape index (κ3) is 2.46. The molecule has 1 atom stereocenters. The average molecular weight is 269 g/mol. The van der Waals surface area contributed by atoms with Gasteiger partial charge in [0, 0.05) is 23.7 Å². The maximum Gasteiger partial charge on any atom is 0.134 e. The molecular weight excluding hydrogens is 248 g/mol. The molecule has 0 radical (unpaired) electrons. The molecule has 4 heteroatoms. The van der Waals surface area contributed by atoms with Crippen LogP contribution in [-0.4, -0.2) is 7.11 Å². The molecule has 1 saturated carbocycles. The van der Waals surface area contributed by atoms with Crippen LogP contribution in [0.5, 0.6) is 5.75 Å². The van der Waals surface area contributed by atoms with E-state index in [2.05, 4.69) is 0 Å². The summed E-state index contributed by atoms with van der Waals surface area (Å²) in [5.74, 6) is -1.03. The van der Waals surface area contributed by atoms with Crippen LogP contribution in [0.1, 0.15) is 50.6 Å². The molecule has 0 amide bonds. The Balaban J connectivity index is 2.41. The van der Waals surface area contributed by atoms with Gasteiger partial charge in [0.15, 0.2) is 0 Å². The Morgan fingerprint density at radius 3 is 2.21 bits per heavy atom. The van der Waals surface area contributed by atoms with Gasteiger partial charge in [0.1, 0.15) is 17.4 Å². The van der Waals surface area contributed by atoms with Gasteiger partial charge in [0.25, 0.3) is 0 Å². The average Bonchev–Trinajstić information content (AvgIpc) is 2.87. The number of halogens is 2. The van der Waals surface area contributed by atoms with E-state index in [0.29, 0.717) is 0 Å². The molecule has 106 valence electrons. The molecule has 2 rings (SSSR count). The van der Waals surface area contributed by atoms with Crippen LogP contribution in [0, 0.1) is 17.0 Å². The molecule has 0 aromatic heterocycles. The molecule has 0 spiro atoms. The fourth-order valence-corrected chi connectivity index (χ4v) is 3.25. The van der Waals surface area contributed by atoms with Crippen LogP contribution in [0.2, 0.25) is 0 Å². The van der Waals surface area contributed by atoms with Crippen molar-refractivity contribution in [3.63, 3.8) is 0 Å². The first-order valence-electron chi connectivity index (χ1n) is 6.82. The van der Waals surface area contributed by atoms with Crippen molar-refractivity contribution in [2.45, 2.75) is 45.1 Å². The summed E-state index contributed by atoms with van der Waals surface area (Å²) in [5.41, 5.74) is 6.05. The Hall–Kier alpha value is -1.16. The van der Waals surface area contributed by atoms with E-state index in [1.54, 1.807) is 0 Å². The van der Waals surface area contributed by atoms with E-state index in [1.165, 1.54) is 19.2 Å². The second-order valence-electron chi connectivity index (χ2n) is 5.41. The summed E-state index contributed by atoms with van der Waals surface area (Å²) in [6, 6.07) is 1.82. The highest BCUT2D eigenvalue weighted by molar-refractivity contribution is 5.33. The van der Waals surface area contributed by atoms with Crippen molar-refractivity contribution in [1.29, 1.82) is 0 Å². The minimum absolute atomic E-state index is 0.00421. The molecule has 0 aliphatic heterocycles. The number of benzene rings is 1. The smallest absolute Gasteiger partial charge is 0.134 e. The van der Waals surface area contributed by atoms with Crippen LogP contribution in [0.4, 0.5) is 8.78 Å². The maximum absolute atomic E-state index is 14.1. The zero-order valence-electron chi connectivity index (χ0n) is 11.5. The van der Waals surface area contributed by atoms with Crippen LogP contribution >= 0.6 is 0 Å². The number of hydrogen-bond donors (Lipinski definition) is 1. The highest BCUT2D eigenvalue weighted by Crippen LogP contribution is 2.49. The fourth-order valence-electron chi connectivity index (χ4n) is 3.25. The minimum Gasteiger partial charge on any atom is -0.497 e. The van der Waals surface area contributed by atoms with Crippen molar-refractivity contribution >= 4 is 0 Å². The Bertz CT molecular complexity index is 432. The molecule has 0 saturated heterocycles. The van der Waals surface area contributed by atoms with Crippen molar-refractivity contribution in [1.82, 2.24) is 0 Å². The van der Waals surface area contributed by atoms with E-state index in [4.69, 9.17) is 10.5 Å². The highest BCUT2D eigenvalue weighted by atomic mass is 19.1. The molecule has 1 aromatic carbocycles. The zero-order chi connectivity index (χ0) is 14.0. The summed E-state index contributed by atoms with van der Waals surface area (Å²) in [7, 11) is 1.39. The van der Waals surface area contributed by atoms with Crippen molar-refractivity contribution in [2.24, 2.45) is 11.1 Å². The summed E-state index contributed by atoms with van der Waals surface area (Å²) in [6.07, 6.45) is 4.89. The minimum atomic E-state index is -0.607. The maximum atomic E-state index is 14.1. The van der Waals surface area contributed by atoms with E-state index in [1.807, 2.05) is 6.92 Å². The molecule has 1 fully saturated rings. The number of rotatable bonds is 4. The lowest BCUT2D eigenvalue weighted by atomic mass is 9.73. The first-order chi connectivity index (χ1) is 9.04. The SMILES string of the molecule is CCC1(C(N)c2c(F)cc(OC)cc2F)CCCC1.